The Hall–Kier alpha value is -3.23. The van der Waals surface area contributed by atoms with Crippen LogP contribution in [0, 0.1) is 5.41 Å². The molecule has 0 unspecified atom stereocenters. The number of amides is 1. The quantitative estimate of drug-likeness (QED) is 0.0877. The molecule has 0 bridgehead atoms. The molecule has 2 aromatic rings. The molecule has 1 aromatic heterocycles. The van der Waals surface area contributed by atoms with Crippen LogP contribution in [0.25, 0.3) is 0 Å². The molecule has 14 heteroatoms. The predicted molar refractivity (Wildman–Crippen MR) is 136 cm³/mol. The Bertz CT molecular complexity index is 1010. The minimum absolute atomic E-state index is 0.0944. The summed E-state index contributed by atoms with van der Waals surface area (Å²) < 4.78 is 5.63. The highest BCUT2D eigenvalue weighted by Gasteiger charge is 2.24. The molecule has 36 heavy (non-hydrogen) atoms. The topological polar surface area (TPSA) is 230 Å². The Morgan fingerprint density at radius 2 is 1.83 bits per heavy atom. The van der Waals surface area contributed by atoms with Gasteiger partial charge in [-0.3, -0.25) is 15.1 Å². The number of halogens is 1. The van der Waals surface area contributed by atoms with Gasteiger partial charge in [-0.05, 0) is 37.0 Å². The van der Waals surface area contributed by atoms with E-state index in [1.165, 1.54) is 0 Å². The zero-order chi connectivity index (χ0) is 26.7. The van der Waals surface area contributed by atoms with Gasteiger partial charge >= 0.3 is 0 Å². The van der Waals surface area contributed by atoms with Crippen LogP contribution in [0.3, 0.4) is 0 Å². The third-order valence-corrected chi connectivity index (χ3v) is 5.47. The summed E-state index contributed by atoms with van der Waals surface area (Å²) in [6.45, 7) is 0.662. The predicted octanol–water partition coefficient (Wildman–Crippen LogP) is -0.665. The number of carbonyl (C=O) groups is 1. The molecule has 0 aliphatic heterocycles. The first-order valence-electron chi connectivity index (χ1n) is 11.3. The number of anilines is 2. The second-order valence-electron chi connectivity index (χ2n) is 7.95. The molecule has 0 spiro atoms. The van der Waals surface area contributed by atoms with E-state index in [2.05, 4.69) is 15.3 Å². The largest absolute Gasteiger partial charge is 0.492 e. The van der Waals surface area contributed by atoms with Crippen molar-refractivity contribution in [1.29, 1.82) is 5.41 Å². The summed E-state index contributed by atoms with van der Waals surface area (Å²) in [5.74, 6) is -0.716. The van der Waals surface area contributed by atoms with Gasteiger partial charge in [0.05, 0.1) is 12.7 Å². The molecule has 1 amide bonds. The Labute approximate surface area is 213 Å². The van der Waals surface area contributed by atoms with E-state index in [1.54, 1.807) is 0 Å². The first-order valence-corrected chi connectivity index (χ1v) is 11.7. The van der Waals surface area contributed by atoms with E-state index in [-0.39, 0.29) is 35.6 Å². The van der Waals surface area contributed by atoms with Crippen LogP contribution in [0.15, 0.2) is 24.3 Å². The van der Waals surface area contributed by atoms with Gasteiger partial charge in [-0.2, -0.15) is 0 Å². The maximum absolute atomic E-state index is 12.7. The summed E-state index contributed by atoms with van der Waals surface area (Å²) in [6, 6.07) is 7.56. The number of hydrogen-bond acceptors (Lipinski definition) is 11. The molecule has 0 radical (unpaired) electrons. The van der Waals surface area contributed by atoms with Crippen molar-refractivity contribution in [1.82, 2.24) is 20.2 Å². The van der Waals surface area contributed by atoms with Crippen LogP contribution in [0.5, 0.6) is 5.75 Å². The van der Waals surface area contributed by atoms with E-state index >= 15 is 0 Å². The van der Waals surface area contributed by atoms with E-state index in [0.717, 1.165) is 23.3 Å². The lowest BCUT2D eigenvalue weighted by molar-refractivity contribution is -0.0130. The summed E-state index contributed by atoms with van der Waals surface area (Å²) >= 11 is 5.84. The van der Waals surface area contributed by atoms with E-state index in [9.17, 15) is 15.0 Å². The fourth-order valence-electron chi connectivity index (χ4n) is 3.16. The number of nitrogens with one attached hydrogen (secondary N) is 2. The molecular formula is C22H33ClN8O5. The van der Waals surface area contributed by atoms with Crippen molar-refractivity contribution in [2.24, 2.45) is 5.73 Å². The molecule has 0 aliphatic rings. The lowest BCUT2D eigenvalue weighted by atomic mass is 10.1. The summed E-state index contributed by atoms with van der Waals surface area (Å²) in [5.41, 5.74) is 17.7. The van der Waals surface area contributed by atoms with Crippen molar-refractivity contribution in [2.75, 3.05) is 44.3 Å². The van der Waals surface area contributed by atoms with Crippen molar-refractivity contribution in [3.8, 4) is 5.75 Å². The number of benzene rings is 1. The standard InChI is InChI=1S/C22H33ClN8O5/c23-18-20(25)30-19(24)17(29-18)21(35)31(22(26)27)9-2-1-3-13-4-6-14(7-5-13)36-10-8-28-11-15(33)16(34)12-32/h4-7,15-16,28,32-34H,1-3,8-12H2,(H3,26,27)(H4,24,25,30)/t15-,16+/m0/s1. The van der Waals surface area contributed by atoms with Crippen LogP contribution >= 0.6 is 11.6 Å². The SMILES string of the molecule is N=C(N)N(CCCCc1ccc(OCCNC[C@H](O)[C@H](O)CO)cc1)C(=O)c1nc(Cl)c(N)nc1N. The zero-order valence-electron chi connectivity index (χ0n) is 19.7. The number of carbonyl (C=O) groups excluding carboxylic acids is 1. The molecule has 0 aliphatic carbocycles. The molecule has 2 rings (SSSR count). The summed E-state index contributed by atoms with van der Waals surface area (Å²) in [6.07, 6.45) is -0.178. The van der Waals surface area contributed by atoms with E-state index in [1.807, 2.05) is 24.3 Å². The minimum atomic E-state index is -1.17. The highest BCUT2D eigenvalue weighted by Crippen LogP contribution is 2.19. The Morgan fingerprint density at radius 3 is 2.47 bits per heavy atom. The number of hydrogen-bond donors (Lipinski definition) is 8. The van der Waals surface area contributed by atoms with Gasteiger partial charge in [0, 0.05) is 19.6 Å². The lowest BCUT2D eigenvalue weighted by Crippen LogP contribution is -2.42. The molecule has 1 heterocycles. The number of unbranched alkanes of at least 4 members (excludes halogenated alkanes) is 1. The monoisotopic (exact) mass is 524 g/mol. The third kappa shape index (κ3) is 8.77. The number of aliphatic hydroxyl groups excluding tert-OH is 3. The van der Waals surface area contributed by atoms with Crippen molar-refractivity contribution < 1.29 is 24.9 Å². The number of aryl methyl sites for hydroxylation is 1. The first kappa shape index (κ1) is 29.0. The average Bonchev–Trinajstić information content (AvgIpc) is 2.85. The minimum Gasteiger partial charge on any atom is -0.492 e. The molecule has 1 aromatic carbocycles. The Balaban J connectivity index is 1.75. The van der Waals surface area contributed by atoms with Gasteiger partial charge in [-0.1, -0.05) is 23.7 Å². The van der Waals surface area contributed by atoms with Crippen LogP contribution in [0.1, 0.15) is 28.9 Å². The van der Waals surface area contributed by atoms with E-state index in [4.69, 9.17) is 44.1 Å². The van der Waals surface area contributed by atoms with Crippen LogP contribution in [0.4, 0.5) is 11.6 Å². The number of aromatic nitrogens is 2. The molecule has 13 nitrogen and oxygen atoms in total. The second-order valence-corrected chi connectivity index (χ2v) is 8.30. The van der Waals surface area contributed by atoms with Gasteiger partial charge in [-0.15, -0.1) is 0 Å². The van der Waals surface area contributed by atoms with Crippen molar-refractivity contribution >= 4 is 35.1 Å². The Kier molecular flexibility index (Phi) is 11.6. The number of aliphatic hydroxyl groups is 3. The highest BCUT2D eigenvalue weighted by molar-refractivity contribution is 6.31. The molecule has 2 atom stereocenters. The van der Waals surface area contributed by atoms with Crippen LogP contribution in [-0.4, -0.2) is 87.1 Å². The number of ether oxygens (including phenoxy) is 1. The van der Waals surface area contributed by atoms with Gasteiger partial charge in [0.2, 0.25) is 0 Å². The fourth-order valence-corrected chi connectivity index (χ4v) is 3.29. The van der Waals surface area contributed by atoms with Gasteiger partial charge in [0.1, 0.15) is 18.5 Å². The van der Waals surface area contributed by atoms with Gasteiger partial charge in [0.25, 0.3) is 5.91 Å². The molecule has 11 N–H and O–H groups in total. The van der Waals surface area contributed by atoms with Crippen molar-refractivity contribution in [2.45, 2.75) is 31.5 Å². The average molecular weight is 525 g/mol. The number of nitrogens with zero attached hydrogens (tertiary/aromatic N) is 3. The molecular weight excluding hydrogens is 492 g/mol. The smallest absolute Gasteiger partial charge is 0.283 e. The van der Waals surface area contributed by atoms with Crippen molar-refractivity contribution in [3.05, 3.63) is 40.7 Å². The Morgan fingerprint density at radius 1 is 1.14 bits per heavy atom. The van der Waals surface area contributed by atoms with E-state index in [0.29, 0.717) is 25.3 Å². The van der Waals surface area contributed by atoms with Crippen LogP contribution < -0.4 is 27.3 Å². The van der Waals surface area contributed by atoms with Gasteiger partial charge in [0.15, 0.2) is 28.4 Å². The van der Waals surface area contributed by atoms with Gasteiger partial charge in [-0.25, -0.2) is 9.97 Å². The number of nitrogens with two attached hydrogens (primary N) is 3. The number of nitrogen functional groups attached to an aromatic ring is 2. The third-order valence-electron chi connectivity index (χ3n) is 5.20. The molecule has 0 saturated heterocycles. The molecule has 0 saturated carbocycles. The lowest BCUT2D eigenvalue weighted by Gasteiger charge is -2.20. The number of rotatable bonds is 14. The van der Waals surface area contributed by atoms with E-state index < -0.39 is 30.7 Å². The molecule has 0 fully saturated rings. The normalized spacial score (nSPS) is 12.7. The summed E-state index contributed by atoms with van der Waals surface area (Å²) in [7, 11) is 0. The first-order chi connectivity index (χ1) is 17.1. The maximum atomic E-state index is 12.7. The van der Waals surface area contributed by atoms with Crippen LogP contribution in [-0.2, 0) is 6.42 Å². The maximum Gasteiger partial charge on any atom is 0.283 e. The highest BCUT2D eigenvalue weighted by atomic mass is 35.5. The van der Waals surface area contributed by atoms with Crippen LogP contribution in [0.2, 0.25) is 5.15 Å². The van der Waals surface area contributed by atoms with Crippen molar-refractivity contribution in [3.63, 3.8) is 0 Å². The number of guanidine groups is 1. The van der Waals surface area contributed by atoms with Gasteiger partial charge < -0.3 is 42.6 Å². The summed E-state index contributed by atoms with van der Waals surface area (Å²) in [4.78, 5) is 21.5. The summed E-state index contributed by atoms with van der Waals surface area (Å²) in [5, 5.41) is 38.1. The molecule has 198 valence electrons. The zero-order valence-corrected chi connectivity index (χ0v) is 20.5. The fraction of sp³-hybridized carbons (Fsp3) is 0.455. The second kappa shape index (κ2) is 14.4.